The molecule has 3 aromatic rings. The molecule has 178 valence electrons. The maximum atomic E-state index is 14.8. The number of aromatic hydroxyl groups is 1. The third-order valence-electron chi connectivity index (χ3n) is 5.25. The van der Waals surface area contributed by atoms with Crippen LogP contribution < -0.4 is 9.46 Å². The van der Waals surface area contributed by atoms with Gasteiger partial charge in [0, 0.05) is 29.8 Å². The smallest absolute Gasteiger partial charge is 0.265 e. The quantitative estimate of drug-likeness (QED) is 0.368. The van der Waals surface area contributed by atoms with E-state index in [0.29, 0.717) is 6.07 Å². The van der Waals surface area contributed by atoms with Crippen LogP contribution in [0.5, 0.6) is 11.5 Å². The van der Waals surface area contributed by atoms with Crippen LogP contribution in [-0.2, 0) is 10.0 Å². The Kier molecular flexibility index (Phi) is 6.42. The van der Waals surface area contributed by atoms with Gasteiger partial charge in [-0.1, -0.05) is 18.2 Å². The second kappa shape index (κ2) is 9.02. The number of halogens is 3. The van der Waals surface area contributed by atoms with E-state index in [1.165, 1.54) is 18.0 Å². The highest BCUT2D eigenvalue weighted by atomic mass is 127. The van der Waals surface area contributed by atoms with Crippen LogP contribution in [0.1, 0.15) is 17.3 Å². The van der Waals surface area contributed by atoms with E-state index in [2.05, 4.69) is 4.72 Å². The van der Waals surface area contributed by atoms with E-state index in [1.54, 1.807) is 53.8 Å². The summed E-state index contributed by atoms with van der Waals surface area (Å²) in [5.41, 5.74) is -0.340. The minimum Gasteiger partial charge on any atom is -0.505 e. The summed E-state index contributed by atoms with van der Waals surface area (Å²) in [6, 6.07) is 10.4. The highest BCUT2D eigenvalue weighted by Gasteiger charge is 2.27. The molecule has 1 aliphatic rings. The number of nitrogens with zero attached hydrogens (tertiary/aromatic N) is 1. The summed E-state index contributed by atoms with van der Waals surface area (Å²) < 4.78 is 63.8. The van der Waals surface area contributed by atoms with Crippen molar-refractivity contribution in [1.82, 2.24) is 4.90 Å². The minimum atomic E-state index is -4.56. The molecular weight excluding hydrogens is 581 g/mol. The number of phenolic OH excluding ortho intramolecular Hbond substituents is 1. The zero-order chi connectivity index (χ0) is 24.8. The zero-order valence-electron chi connectivity index (χ0n) is 18.0. The third kappa shape index (κ3) is 4.53. The predicted molar refractivity (Wildman–Crippen MR) is 130 cm³/mol. The van der Waals surface area contributed by atoms with E-state index < -0.39 is 50.0 Å². The second-order valence-corrected chi connectivity index (χ2v) is 10.6. The van der Waals surface area contributed by atoms with Crippen LogP contribution in [0.15, 0.2) is 53.4 Å². The summed E-state index contributed by atoms with van der Waals surface area (Å²) in [4.78, 5) is 13.8. The van der Waals surface area contributed by atoms with Crippen molar-refractivity contribution in [3.63, 3.8) is 0 Å². The van der Waals surface area contributed by atoms with Gasteiger partial charge < -0.3 is 14.7 Å². The molecule has 0 aromatic heterocycles. The first kappa shape index (κ1) is 24.2. The average Bonchev–Trinajstić information content (AvgIpc) is 2.76. The molecule has 0 radical (unpaired) electrons. The largest absolute Gasteiger partial charge is 0.505 e. The van der Waals surface area contributed by atoms with Gasteiger partial charge in [0.15, 0.2) is 0 Å². The number of benzene rings is 3. The fourth-order valence-corrected chi connectivity index (χ4v) is 5.68. The van der Waals surface area contributed by atoms with E-state index in [4.69, 9.17) is 4.74 Å². The van der Waals surface area contributed by atoms with E-state index >= 15 is 0 Å². The summed E-state index contributed by atoms with van der Waals surface area (Å²) in [5.74, 6) is -2.90. The van der Waals surface area contributed by atoms with Crippen molar-refractivity contribution >= 4 is 44.2 Å². The number of likely N-dealkylation sites (N-methyl/N-ethyl adjacent to an activating group) is 1. The van der Waals surface area contributed by atoms with Crippen LogP contribution in [-0.4, -0.2) is 44.0 Å². The van der Waals surface area contributed by atoms with Crippen molar-refractivity contribution in [2.45, 2.75) is 17.9 Å². The number of carbonyl (C=O) groups is 1. The van der Waals surface area contributed by atoms with Gasteiger partial charge in [-0.2, -0.15) is 0 Å². The average molecular weight is 600 g/mol. The molecule has 4 bridgehead atoms. The molecule has 0 aliphatic carbocycles. The molecule has 0 saturated carbocycles. The molecule has 4 rings (SSSR count). The van der Waals surface area contributed by atoms with Crippen LogP contribution >= 0.6 is 22.6 Å². The first-order valence-corrected chi connectivity index (χ1v) is 12.6. The standard InChI is InChI=1S/C23H19F2IN2O5S/c1-12-11-28(2)23(30)13-7-18(26)22(29)21(8-13)34(31,32)27-19-9-15(16(24)10-17(19)25)14-5-3-4-6-20(14)33-12/h3-10,12,27,29H,11H2,1-2H3/t12-/m0/s1. The first-order chi connectivity index (χ1) is 16.0. The van der Waals surface area contributed by atoms with Crippen molar-refractivity contribution in [3.8, 4) is 22.6 Å². The monoisotopic (exact) mass is 600 g/mol. The number of nitrogens with one attached hydrogen (secondary N) is 1. The van der Waals surface area contributed by atoms with Gasteiger partial charge in [-0.15, -0.1) is 0 Å². The molecule has 1 heterocycles. The number of carbonyl (C=O) groups excluding carboxylic acids is 1. The maximum Gasteiger partial charge on any atom is 0.265 e. The number of fused-ring (bicyclic) bond motifs is 6. The fraction of sp³-hybridized carbons (Fsp3) is 0.174. The van der Waals surface area contributed by atoms with Crippen molar-refractivity contribution in [1.29, 1.82) is 0 Å². The third-order valence-corrected chi connectivity index (χ3v) is 7.45. The molecular formula is C23H19F2IN2O5S. The number of hydrogen-bond acceptors (Lipinski definition) is 5. The number of hydrogen-bond donors (Lipinski definition) is 2. The minimum absolute atomic E-state index is 0.00724. The highest BCUT2D eigenvalue weighted by molar-refractivity contribution is 14.1. The van der Waals surface area contributed by atoms with Crippen LogP contribution in [0, 0.1) is 15.2 Å². The van der Waals surface area contributed by atoms with Crippen LogP contribution in [0.25, 0.3) is 11.1 Å². The van der Waals surface area contributed by atoms with Gasteiger partial charge in [0.1, 0.15) is 34.1 Å². The number of anilines is 1. The summed E-state index contributed by atoms with van der Waals surface area (Å²) in [6.07, 6.45) is -0.527. The van der Waals surface area contributed by atoms with E-state index in [-0.39, 0.29) is 32.6 Å². The van der Waals surface area contributed by atoms with Gasteiger partial charge in [0.2, 0.25) is 0 Å². The van der Waals surface area contributed by atoms with Gasteiger partial charge in [-0.05, 0) is 53.8 Å². The van der Waals surface area contributed by atoms with Crippen LogP contribution in [0.2, 0.25) is 0 Å². The molecule has 1 aliphatic heterocycles. The Morgan fingerprint density at radius 2 is 1.82 bits per heavy atom. The summed E-state index contributed by atoms with van der Waals surface area (Å²) >= 11 is 1.70. The fourth-order valence-electron chi connectivity index (χ4n) is 3.67. The summed E-state index contributed by atoms with van der Waals surface area (Å²) in [7, 11) is -3.04. The molecule has 0 unspecified atom stereocenters. The number of ether oxygens (including phenoxy) is 1. The zero-order valence-corrected chi connectivity index (χ0v) is 20.9. The highest BCUT2D eigenvalue weighted by Crippen LogP contribution is 2.37. The Hall–Kier alpha value is -2.93. The number of phenols is 1. The summed E-state index contributed by atoms with van der Waals surface area (Å²) in [5, 5.41) is 10.4. The number of para-hydroxylation sites is 1. The van der Waals surface area contributed by atoms with Gasteiger partial charge in [0.05, 0.1) is 15.8 Å². The Bertz CT molecular complexity index is 1410. The summed E-state index contributed by atoms with van der Waals surface area (Å²) in [6.45, 7) is 1.85. The first-order valence-electron chi connectivity index (χ1n) is 10.0. The molecule has 1 atom stereocenters. The topological polar surface area (TPSA) is 95.9 Å². The SMILES string of the molecule is C[C@H]1CN(C)C(=O)c2cc(I)c(O)c(c2)S(=O)(=O)Nc2cc(c(F)cc2F)-c2ccccc2O1. The van der Waals surface area contributed by atoms with E-state index in [0.717, 1.165) is 12.1 Å². The maximum absolute atomic E-state index is 14.8. The van der Waals surface area contributed by atoms with Crippen molar-refractivity contribution < 1.29 is 31.8 Å². The molecule has 1 amide bonds. The van der Waals surface area contributed by atoms with Gasteiger partial charge in [-0.3, -0.25) is 9.52 Å². The van der Waals surface area contributed by atoms with Crippen molar-refractivity contribution in [2.24, 2.45) is 0 Å². The molecule has 2 N–H and O–H groups in total. The lowest BCUT2D eigenvalue weighted by molar-refractivity contribution is 0.0727. The van der Waals surface area contributed by atoms with Crippen LogP contribution in [0.4, 0.5) is 14.5 Å². The lowest BCUT2D eigenvalue weighted by Gasteiger charge is -2.24. The Morgan fingerprint density at radius 1 is 1.12 bits per heavy atom. The second-order valence-electron chi connectivity index (χ2n) is 7.83. The molecule has 34 heavy (non-hydrogen) atoms. The lowest BCUT2D eigenvalue weighted by Crippen LogP contribution is -2.35. The molecule has 3 aromatic carbocycles. The van der Waals surface area contributed by atoms with Gasteiger partial charge in [-0.25, -0.2) is 17.2 Å². The predicted octanol–water partition coefficient (Wildman–Crippen LogP) is 4.60. The number of sulfonamides is 1. The number of rotatable bonds is 0. The Balaban J connectivity index is 1.98. The van der Waals surface area contributed by atoms with Gasteiger partial charge in [0.25, 0.3) is 15.9 Å². The lowest BCUT2D eigenvalue weighted by atomic mass is 10.0. The Morgan fingerprint density at radius 3 is 2.56 bits per heavy atom. The Labute approximate surface area is 208 Å². The van der Waals surface area contributed by atoms with Gasteiger partial charge >= 0.3 is 0 Å². The number of amides is 1. The molecule has 0 saturated heterocycles. The van der Waals surface area contributed by atoms with Crippen molar-refractivity contribution in [3.05, 3.63) is 69.3 Å². The molecule has 7 nitrogen and oxygen atoms in total. The molecule has 0 fully saturated rings. The van der Waals surface area contributed by atoms with E-state index in [1.807, 2.05) is 0 Å². The molecule has 11 heteroatoms. The van der Waals surface area contributed by atoms with E-state index in [9.17, 15) is 27.1 Å². The normalized spacial score (nSPS) is 17.6. The van der Waals surface area contributed by atoms with Crippen LogP contribution in [0.3, 0.4) is 0 Å². The van der Waals surface area contributed by atoms with Crippen molar-refractivity contribution in [2.75, 3.05) is 18.3 Å². The molecule has 0 spiro atoms.